The van der Waals surface area contributed by atoms with Gasteiger partial charge in [0.25, 0.3) is 0 Å². The van der Waals surface area contributed by atoms with E-state index in [1.165, 1.54) is 44.9 Å². The summed E-state index contributed by atoms with van der Waals surface area (Å²) in [5.74, 6) is 0. The summed E-state index contributed by atoms with van der Waals surface area (Å²) >= 11 is 5.94. The van der Waals surface area contributed by atoms with Crippen LogP contribution in [0.15, 0.2) is 66.9 Å². The molecule has 0 aliphatic carbocycles. The van der Waals surface area contributed by atoms with Crippen molar-refractivity contribution in [1.29, 1.82) is 0 Å². The molecule has 4 aromatic rings. The van der Waals surface area contributed by atoms with Gasteiger partial charge >= 0.3 is 0 Å². The molecule has 3 heterocycles. The van der Waals surface area contributed by atoms with Crippen LogP contribution in [0, 0.1) is 41.5 Å². The van der Waals surface area contributed by atoms with Crippen molar-refractivity contribution in [2.24, 2.45) is 0 Å². The number of anilines is 1. The first kappa shape index (κ1) is 23.3. The Bertz CT molecular complexity index is 1400. The van der Waals surface area contributed by atoms with Crippen molar-refractivity contribution < 1.29 is 0 Å². The largest absolute Gasteiger partial charge is 0.351 e. The molecule has 1 N–H and O–H groups in total. The van der Waals surface area contributed by atoms with Crippen molar-refractivity contribution in [2.75, 3.05) is 4.90 Å². The lowest BCUT2D eigenvalue weighted by Crippen LogP contribution is -2.29. The van der Waals surface area contributed by atoms with Gasteiger partial charge in [-0.2, -0.15) is 0 Å². The van der Waals surface area contributed by atoms with E-state index < -0.39 is 0 Å². The molecule has 35 heavy (non-hydrogen) atoms. The number of nitrogens with one attached hydrogen (secondary N) is 1. The summed E-state index contributed by atoms with van der Waals surface area (Å²) in [5.41, 5.74) is 12.0. The van der Waals surface area contributed by atoms with Crippen LogP contribution in [0.4, 0.5) is 5.69 Å². The molecule has 4 nitrogen and oxygen atoms in total. The Labute approximate surface area is 213 Å². The maximum atomic E-state index is 5.94. The van der Waals surface area contributed by atoms with E-state index in [4.69, 9.17) is 17.2 Å². The molecule has 5 heteroatoms. The highest BCUT2D eigenvalue weighted by atomic mass is 32.1. The highest BCUT2D eigenvalue weighted by molar-refractivity contribution is 7.80. The van der Waals surface area contributed by atoms with E-state index >= 15 is 0 Å². The van der Waals surface area contributed by atoms with Crippen molar-refractivity contribution >= 4 is 23.0 Å². The third-order valence-corrected chi connectivity index (χ3v) is 7.43. The normalized spacial score (nSPS) is 17.7. The zero-order valence-electron chi connectivity index (χ0n) is 21.3. The molecule has 0 radical (unpaired) electrons. The maximum absolute atomic E-state index is 5.94. The number of aromatic nitrogens is 2. The first-order valence-electron chi connectivity index (χ1n) is 12.1. The van der Waals surface area contributed by atoms with Crippen LogP contribution in [0.25, 0.3) is 5.69 Å². The van der Waals surface area contributed by atoms with Gasteiger partial charge in [0.2, 0.25) is 0 Å². The van der Waals surface area contributed by atoms with Crippen LogP contribution < -0.4 is 10.2 Å². The predicted octanol–water partition coefficient (Wildman–Crippen LogP) is 6.90. The molecule has 1 fully saturated rings. The lowest BCUT2D eigenvalue weighted by molar-refractivity contribution is 0.565. The maximum Gasteiger partial charge on any atom is 0.174 e. The number of rotatable bonds is 4. The Kier molecular flexibility index (Phi) is 5.97. The summed E-state index contributed by atoms with van der Waals surface area (Å²) in [6.45, 7) is 13.0. The van der Waals surface area contributed by atoms with E-state index in [0.717, 1.165) is 16.5 Å². The highest BCUT2D eigenvalue weighted by Crippen LogP contribution is 2.44. The summed E-state index contributed by atoms with van der Waals surface area (Å²) in [7, 11) is 0. The van der Waals surface area contributed by atoms with Crippen molar-refractivity contribution in [1.82, 2.24) is 14.9 Å². The Morgan fingerprint density at radius 3 is 2.20 bits per heavy atom. The molecule has 0 spiro atoms. The quantitative estimate of drug-likeness (QED) is 0.322. The molecule has 0 saturated carbocycles. The van der Waals surface area contributed by atoms with Crippen LogP contribution in [-0.2, 0) is 0 Å². The molecular weight excluding hydrogens is 448 g/mol. The Hall–Kier alpha value is -3.44. The molecule has 2 aromatic carbocycles. The van der Waals surface area contributed by atoms with Gasteiger partial charge in [0.05, 0.1) is 17.8 Å². The fourth-order valence-corrected chi connectivity index (χ4v) is 5.73. The van der Waals surface area contributed by atoms with Crippen molar-refractivity contribution in [3.63, 3.8) is 0 Å². The third kappa shape index (κ3) is 4.14. The monoisotopic (exact) mass is 480 g/mol. The average molecular weight is 481 g/mol. The second-order valence-electron chi connectivity index (χ2n) is 9.77. The highest BCUT2D eigenvalue weighted by Gasteiger charge is 2.42. The minimum absolute atomic E-state index is 0.0228. The van der Waals surface area contributed by atoms with Crippen LogP contribution in [0.3, 0.4) is 0 Å². The van der Waals surface area contributed by atoms with Crippen molar-refractivity contribution in [3.05, 3.63) is 112 Å². The van der Waals surface area contributed by atoms with Crippen molar-refractivity contribution in [3.8, 4) is 5.69 Å². The average Bonchev–Trinajstić information content (AvgIpc) is 3.31. The molecule has 2 atom stereocenters. The van der Waals surface area contributed by atoms with E-state index in [1.54, 1.807) is 0 Å². The molecule has 0 amide bonds. The van der Waals surface area contributed by atoms with Crippen LogP contribution in [-0.4, -0.2) is 14.7 Å². The number of hydrogen-bond donors (Lipinski definition) is 1. The minimum Gasteiger partial charge on any atom is -0.351 e. The number of pyridine rings is 1. The molecule has 0 unspecified atom stereocenters. The van der Waals surface area contributed by atoms with E-state index in [1.807, 2.05) is 18.3 Å². The Balaban J connectivity index is 1.70. The van der Waals surface area contributed by atoms with Gasteiger partial charge in [-0.15, -0.1) is 0 Å². The number of thiocarbonyl (C=S) groups is 1. The molecular formula is C30H32N4S. The summed E-state index contributed by atoms with van der Waals surface area (Å²) in [6.07, 6.45) is 1.86. The molecule has 1 aliphatic heterocycles. The molecule has 1 aliphatic rings. The van der Waals surface area contributed by atoms with Gasteiger partial charge in [-0.25, -0.2) is 0 Å². The third-order valence-electron chi connectivity index (χ3n) is 7.12. The lowest BCUT2D eigenvalue weighted by atomic mass is 9.96. The second-order valence-corrected chi connectivity index (χ2v) is 10.2. The topological polar surface area (TPSA) is 33.1 Å². The van der Waals surface area contributed by atoms with Gasteiger partial charge in [0.1, 0.15) is 0 Å². The first-order valence-corrected chi connectivity index (χ1v) is 12.5. The Morgan fingerprint density at radius 1 is 0.800 bits per heavy atom. The molecule has 2 aromatic heterocycles. The van der Waals surface area contributed by atoms with Gasteiger partial charge in [-0.1, -0.05) is 18.2 Å². The summed E-state index contributed by atoms with van der Waals surface area (Å²) in [6, 6.07) is 21.6. The fraction of sp³-hybridized carbons (Fsp3) is 0.267. The summed E-state index contributed by atoms with van der Waals surface area (Å²) in [4.78, 5) is 6.99. The summed E-state index contributed by atoms with van der Waals surface area (Å²) in [5, 5.41) is 4.33. The van der Waals surface area contributed by atoms with E-state index in [0.29, 0.717) is 0 Å². The van der Waals surface area contributed by atoms with E-state index in [9.17, 15) is 0 Å². The molecule has 178 valence electrons. The standard InChI is InChI=1S/C30H32N4S/c1-18-13-19(2)15-25(14-18)33-22(5)17-26(23(33)6)29-28(27-9-7-8-12-31-27)32-30(35)34(29)24-11-10-20(3)21(4)16-24/h7-17,28-29H,1-6H3,(H,32,35)/t28-,29-/m1/s1. The van der Waals surface area contributed by atoms with Gasteiger partial charge in [0.15, 0.2) is 5.11 Å². The van der Waals surface area contributed by atoms with Crippen LogP contribution in [0.1, 0.15) is 57.0 Å². The lowest BCUT2D eigenvalue weighted by Gasteiger charge is -2.28. The van der Waals surface area contributed by atoms with Gasteiger partial charge in [-0.05, 0) is 124 Å². The number of nitrogens with zero attached hydrogens (tertiary/aromatic N) is 3. The van der Waals surface area contributed by atoms with E-state index in [2.05, 4.69) is 105 Å². The van der Waals surface area contributed by atoms with E-state index in [-0.39, 0.29) is 12.1 Å². The first-order chi connectivity index (χ1) is 16.7. The second kappa shape index (κ2) is 8.97. The van der Waals surface area contributed by atoms with Crippen molar-refractivity contribution in [2.45, 2.75) is 53.6 Å². The van der Waals surface area contributed by atoms with Crippen LogP contribution in [0.2, 0.25) is 0 Å². The smallest absolute Gasteiger partial charge is 0.174 e. The summed E-state index contributed by atoms with van der Waals surface area (Å²) < 4.78 is 2.37. The van der Waals surface area contributed by atoms with Gasteiger partial charge in [0, 0.05) is 29.0 Å². The van der Waals surface area contributed by atoms with Gasteiger partial charge in [-0.3, -0.25) is 4.98 Å². The molecule has 1 saturated heterocycles. The van der Waals surface area contributed by atoms with Crippen LogP contribution >= 0.6 is 12.2 Å². The predicted molar refractivity (Wildman–Crippen MR) is 149 cm³/mol. The fourth-order valence-electron chi connectivity index (χ4n) is 5.39. The number of benzene rings is 2. The zero-order valence-corrected chi connectivity index (χ0v) is 22.1. The Morgan fingerprint density at radius 2 is 1.54 bits per heavy atom. The molecule has 5 rings (SSSR count). The number of hydrogen-bond acceptors (Lipinski definition) is 2. The number of aryl methyl sites for hydroxylation is 5. The minimum atomic E-state index is -0.0569. The zero-order chi connectivity index (χ0) is 24.9. The molecule has 0 bridgehead atoms. The van der Waals surface area contributed by atoms with Crippen LogP contribution in [0.5, 0.6) is 0 Å². The van der Waals surface area contributed by atoms with Gasteiger partial charge < -0.3 is 14.8 Å². The SMILES string of the molecule is Cc1cc(C)cc(-n2c(C)cc([C@@H]3[C@@H](c4ccccn4)NC(=S)N3c3ccc(C)c(C)c3)c2C)c1.